The van der Waals surface area contributed by atoms with E-state index in [0.29, 0.717) is 11.5 Å². The summed E-state index contributed by atoms with van der Waals surface area (Å²) in [7, 11) is 2.91. The Bertz CT molecular complexity index is 340. The average Bonchev–Trinajstić information content (AvgIpc) is 2.17. The van der Waals surface area contributed by atoms with Gasteiger partial charge in [0.2, 0.25) is 0 Å². The summed E-state index contributed by atoms with van der Waals surface area (Å²) in [5.41, 5.74) is 0. The number of carboxylic acid groups (broad SMARTS) is 1. The largest absolute Gasteiger partial charge is 0.495 e. The van der Waals surface area contributed by atoms with Crippen LogP contribution in [0.2, 0.25) is 0 Å². The number of pyridine rings is 1. The molecule has 1 amide bonds. The third kappa shape index (κ3) is 2.25. The number of hydrogen-bond donors (Lipinski definition) is 2. The summed E-state index contributed by atoms with van der Waals surface area (Å²) in [6.07, 6.45) is 0.203. The predicted molar refractivity (Wildman–Crippen MR) is 49.0 cm³/mol. The van der Waals surface area contributed by atoms with Crippen molar-refractivity contribution in [3.63, 3.8) is 0 Å². The highest BCUT2D eigenvalue weighted by atomic mass is 16.5. The molecule has 14 heavy (non-hydrogen) atoms. The van der Waals surface area contributed by atoms with Crippen LogP contribution in [0.1, 0.15) is 0 Å². The Labute approximate surface area is 80.5 Å². The number of ether oxygens (including phenoxy) is 2. The molecule has 0 fully saturated rings. The first-order valence-electron chi connectivity index (χ1n) is 3.75. The van der Waals surface area contributed by atoms with Gasteiger partial charge in [-0.15, -0.1) is 0 Å². The predicted octanol–water partition coefficient (Wildman–Crippen LogP) is 1.19. The minimum absolute atomic E-state index is 0.140. The first kappa shape index (κ1) is 10.1. The van der Waals surface area contributed by atoms with Crippen LogP contribution in [0, 0.1) is 0 Å². The van der Waals surface area contributed by atoms with Gasteiger partial charge in [0.1, 0.15) is 5.75 Å². The number of amides is 1. The number of carbonyl (C=O) groups is 1. The van der Waals surface area contributed by atoms with Gasteiger partial charge < -0.3 is 14.6 Å². The van der Waals surface area contributed by atoms with Crippen LogP contribution in [0.3, 0.4) is 0 Å². The molecule has 0 unspecified atom stereocenters. The van der Waals surface area contributed by atoms with E-state index in [9.17, 15) is 4.79 Å². The van der Waals surface area contributed by atoms with Crippen molar-refractivity contribution in [3.05, 3.63) is 12.3 Å². The molecular weight excluding hydrogens is 188 g/mol. The van der Waals surface area contributed by atoms with E-state index in [2.05, 4.69) is 10.3 Å². The molecule has 0 atom stereocenters. The molecule has 0 radical (unpaired) electrons. The third-order valence-electron chi connectivity index (χ3n) is 1.51. The summed E-state index contributed by atoms with van der Waals surface area (Å²) in [4.78, 5) is 14.2. The van der Waals surface area contributed by atoms with Gasteiger partial charge in [-0.3, -0.25) is 5.32 Å². The lowest BCUT2D eigenvalue weighted by Gasteiger charge is -2.08. The minimum atomic E-state index is -1.19. The number of anilines is 1. The van der Waals surface area contributed by atoms with Gasteiger partial charge >= 0.3 is 6.09 Å². The molecule has 6 nitrogen and oxygen atoms in total. The van der Waals surface area contributed by atoms with Crippen LogP contribution in [0.4, 0.5) is 10.6 Å². The highest BCUT2D eigenvalue weighted by Crippen LogP contribution is 2.25. The molecule has 1 rings (SSSR count). The third-order valence-corrected chi connectivity index (χ3v) is 1.51. The van der Waals surface area contributed by atoms with E-state index in [1.807, 2.05) is 0 Å². The summed E-state index contributed by atoms with van der Waals surface area (Å²) in [5.74, 6) is 0.949. The molecule has 0 bridgehead atoms. The number of hydrogen-bond acceptors (Lipinski definition) is 4. The van der Waals surface area contributed by atoms with Crippen molar-refractivity contribution in [2.75, 3.05) is 19.5 Å². The summed E-state index contributed by atoms with van der Waals surface area (Å²) >= 11 is 0. The van der Waals surface area contributed by atoms with Gasteiger partial charge in [-0.2, -0.15) is 0 Å². The molecule has 0 aromatic carbocycles. The first-order chi connectivity index (χ1) is 6.67. The van der Waals surface area contributed by atoms with Crippen LogP contribution >= 0.6 is 0 Å². The maximum Gasteiger partial charge on any atom is 0.410 e. The van der Waals surface area contributed by atoms with Crippen LogP contribution in [-0.4, -0.2) is 30.4 Å². The maximum absolute atomic E-state index is 10.4. The molecule has 2 N–H and O–H groups in total. The van der Waals surface area contributed by atoms with Crippen molar-refractivity contribution in [3.8, 4) is 11.5 Å². The van der Waals surface area contributed by atoms with Crippen molar-refractivity contribution in [1.82, 2.24) is 4.98 Å². The van der Waals surface area contributed by atoms with E-state index in [4.69, 9.17) is 14.6 Å². The molecule has 76 valence electrons. The average molecular weight is 198 g/mol. The highest BCUT2D eigenvalue weighted by Gasteiger charge is 2.08. The number of nitrogens with zero attached hydrogens (tertiary/aromatic N) is 1. The van der Waals surface area contributed by atoms with E-state index >= 15 is 0 Å². The SMILES string of the molecule is COc1cnc(NC(=O)O)c(OC)c1. The zero-order valence-corrected chi connectivity index (χ0v) is 7.77. The van der Waals surface area contributed by atoms with Crippen molar-refractivity contribution < 1.29 is 19.4 Å². The van der Waals surface area contributed by atoms with E-state index < -0.39 is 6.09 Å². The van der Waals surface area contributed by atoms with Gasteiger partial charge in [0, 0.05) is 6.07 Å². The molecule has 0 spiro atoms. The number of nitrogens with one attached hydrogen (secondary N) is 1. The van der Waals surface area contributed by atoms with Gasteiger partial charge in [0.15, 0.2) is 11.6 Å². The Balaban J connectivity index is 2.98. The van der Waals surface area contributed by atoms with Gasteiger partial charge in [-0.1, -0.05) is 0 Å². The van der Waals surface area contributed by atoms with Crippen LogP contribution in [-0.2, 0) is 0 Å². The molecule has 1 aromatic heterocycles. The van der Waals surface area contributed by atoms with Crippen LogP contribution in [0.5, 0.6) is 11.5 Å². The van der Waals surface area contributed by atoms with Crippen LogP contribution in [0.25, 0.3) is 0 Å². The summed E-state index contributed by atoms with van der Waals surface area (Å²) in [6.45, 7) is 0. The van der Waals surface area contributed by atoms with E-state index in [-0.39, 0.29) is 5.82 Å². The molecule has 1 heterocycles. The van der Waals surface area contributed by atoms with E-state index in [1.165, 1.54) is 26.5 Å². The molecule has 1 aromatic rings. The lowest BCUT2D eigenvalue weighted by Crippen LogP contribution is -2.10. The number of aromatic nitrogens is 1. The quantitative estimate of drug-likeness (QED) is 0.762. The Hall–Kier alpha value is -1.98. The molecule has 0 saturated heterocycles. The normalized spacial score (nSPS) is 9.29. The first-order valence-corrected chi connectivity index (χ1v) is 3.75. The Morgan fingerprint density at radius 3 is 2.71 bits per heavy atom. The van der Waals surface area contributed by atoms with Crippen LogP contribution in [0.15, 0.2) is 12.3 Å². The zero-order valence-electron chi connectivity index (χ0n) is 7.77. The van der Waals surface area contributed by atoms with Crippen molar-refractivity contribution in [1.29, 1.82) is 0 Å². The lowest BCUT2D eigenvalue weighted by molar-refractivity contribution is 0.209. The molecule has 0 aliphatic carbocycles. The Morgan fingerprint density at radius 2 is 2.21 bits per heavy atom. The minimum Gasteiger partial charge on any atom is -0.495 e. The summed E-state index contributed by atoms with van der Waals surface area (Å²) in [5, 5.41) is 10.6. The van der Waals surface area contributed by atoms with Crippen molar-refractivity contribution >= 4 is 11.9 Å². The van der Waals surface area contributed by atoms with Crippen molar-refractivity contribution in [2.45, 2.75) is 0 Å². The van der Waals surface area contributed by atoms with E-state index in [0.717, 1.165) is 0 Å². The second-order valence-corrected chi connectivity index (χ2v) is 2.36. The molecular formula is C8H10N2O4. The second kappa shape index (κ2) is 4.31. The van der Waals surface area contributed by atoms with Gasteiger partial charge in [-0.05, 0) is 0 Å². The fourth-order valence-corrected chi connectivity index (χ4v) is 0.889. The van der Waals surface area contributed by atoms with Gasteiger partial charge in [-0.25, -0.2) is 9.78 Å². The second-order valence-electron chi connectivity index (χ2n) is 2.36. The molecule has 0 aliphatic heterocycles. The van der Waals surface area contributed by atoms with Gasteiger partial charge in [0.25, 0.3) is 0 Å². The smallest absolute Gasteiger partial charge is 0.410 e. The van der Waals surface area contributed by atoms with E-state index in [1.54, 1.807) is 0 Å². The van der Waals surface area contributed by atoms with Crippen molar-refractivity contribution in [2.24, 2.45) is 0 Å². The molecule has 0 aliphatic rings. The lowest BCUT2D eigenvalue weighted by atomic mass is 10.4. The fraction of sp³-hybridized carbons (Fsp3) is 0.250. The standard InChI is InChI=1S/C8H10N2O4/c1-13-5-3-6(14-2)7(9-4-5)10-8(11)12/h3-4H,1-2H3,(H,9,10)(H,11,12). The topological polar surface area (TPSA) is 80.7 Å². The molecule has 6 heteroatoms. The monoisotopic (exact) mass is 198 g/mol. The number of rotatable bonds is 3. The highest BCUT2D eigenvalue weighted by molar-refractivity contribution is 5.83. The molecule has 0 saturated carbocycles. The fourth-order valence-electron chi connectivity index (χ4n) is 0.889. The summed E-state index contributed by atoms with van der Waals surface area (Å²) in [6, 6.07) is 1.54. The maximum atomic E-state index is 10.4. The Morgan fingerprint density at radius 1 is 1.50 bits per heavy atom. The Kier molecular flexibility index (Phi) is 3.11. The van der Waals surface area contributed by atoms with Crippen LogP contribution < -0.4 is 14.8 Å². The van der Waals surface area contributed by atoms with Gasteiger partial charge in [0.05, 0.1) is 20.4 Å². The number of methoxy groups -OCH3 is 2. The summed E-state index contributed by atoms with van der Waals surface area (Å²) < 4.78 is 9.82. The zero-order chi connectivity index (χ0) is 10.6.